The van der Waals surface area contributed by atoms with Gasteiger partial charge in [-0.25, -0.2) is 35.9 Å². The summed E-state index contributed by atoms with van der Waals surface area (Å²) >= 11 is 7.60. The smallest absolute Gasteiger partial charge is 0.293 e. The number of fused-ring (bicyclic) bond motifs is 4. The number of alkyl halides is 4. The number of amides is 1. The average molecular weight is 916 g/mol. The standard InChI is InChI=1S/C36H32ClF6N9O5S3/c1-50-30-24(6-5-20(37)28(30)33(48-50)49-60(4,56)57)52-26(54)12-21(23-14-58-35(46-23)59(2,3)55)45-34(52)22(9-15-7-16(38)10-17(39)8-15)44-25(53)13-51-31-27(29(47-51)32(40)41)18-11-19(18)36(31,42)43/h5-8,10,12,14,18-19,22,32,59H,9,11,13H2,1-4H3,(H,44,53)(H,48,49)/t18-,19+,22-/m0/s1. The Morgan fingerprint density at radius 2 is 1.78 bits per heavy atom. The van der Waals surface area contributed by atoms with Gasteiger partial charge in [0.25, 0.3) is 17.9 Å². The summed E-state index contributed by atoms with van der Waals surface area (Å²) in [6.45, 7) is -1.01. The zero-order chi connectivity index (χ0) is 43.4. The van der Waals surface area contributed by atoms with Crippen molar-refractivity contribution in [3.63, 3.8) is 0 Å². The van der Waals surface area contributed by atoms with Gasteiger partial charge in [0.15, 0.2) is 10.2 Å². The lowest BCUT2D eigenvalue weighted by atomic mass is 10.0. The van der Waals surface area contributed by atoms with E-state index in [2.05, 4.69) is 25.2 Å². The number of nitrogens with zero attached hydrogens (tertiary/aromatic N) is 7. The molecule has 4 heterocycles. The topological polar surface area (TPSA) is 176 Å². The molecule has 0 bridgehead atoms. The van der Waals surface area contributed by atoms with E-state index in [1.807, 2.05) is 0 Å². The molecule has 1 fully saturated rings. The molecular weight excluding hydrogens is 884 g/mol. The van der Waals surface area contributed by atoms with Crippen LogP contribution in [-0.2, 0) is 50.7 Å². The monoisotopic (exact) mass is 915 g/mol. The summed E-state index contributed by atoms with van der Waals surface area (Å²) in [5.74, 6) is -9.23. The van der Waals surface area contributed by atoms with Crippen LogP contribution >= 0.6 is 22.9 Å². The number of anilines is 1. The van der Waals surface area contributed by atoms with Crippen molar-refractivity contribution < 1.29 is 43.8 Å². The Bertz CT molecular complexity index is 2980. The highest BCUT2D eigenvalue weighted by atomic mass is 35.5. The van der Waals surface area contributed by atoms with Crippen molar-refractivity contribution in [1.29, 1.82) is 0 Å². The lowest BCUT2D eigenvalue weighted by Crippen LogP contribution is -2.38. The number of carbonyl (C=O) groups excluding carboxylic acids is 1. The number of thiazole rings is 1. The maximum atomic E-state index is 15.5. The number of hydrogen-bond donors (Lipinski definition) is 3. The number of carbonyl (C=O) groups is 1. The molecule has 8 rings (SSSR count). The Morgan fingerprint density at radius 3 is 2.42 bits per heavy atom. The van der Waals surface area contributed by atoms with E-state index < -0.39 is 97.6 Å². The zero-order valence-electron chi connectivity index (χ0n) is 31.6. The average Bonchev–Trinajstić information content (AvgIpc) is 3.36. The predicted octanol–water partition coefficient (Wildman–Crippen LogP) is 5.62. The number of nitrogens with one attached hydrogen (secondary N) is 2. The van der Waals surface area contributed by atoms with Gasteiger partial charge in [-0.15, -0.1) is 11.3 Å². The summed E-state index contributed by atoms with van der Waals surface area (Å²) in [5, 5.41) is 12.1. The van der Waals surface area contributed by atoms with Gasteiger partial charge in [0.2, 0.25) is 15.9 Å². The van der Waals surface area contributed by atoms with Crippen LogP contribution in [0.3, 0.4) is 0 Å². The first kappa shape index (κ1) is 41.6. The van der Waals surface area contributed by atoms with E-state index in [0.717, 1.165) is 40.4 Å². The normalized spacial score (nSPS) is 17.8. The summed E-state index contributed by atoms with van der Waals surface area (Å²) < 4.78 is 131. The summed E-state index contributed by atoms with van der Waals surface area (Å²) in [6.07, 6.45) is 0.127. The molecular formula is C36H32ClF6N9O5S3. The molecule has 0 aliphatic heterocycles. The van der Waals surface area contributed by atoms with E-state index in [1.54, 1.807) is 0 Å². The lowest BCUT2D eigenvalue weighted by molar-refractivity contribution is -0.123. The SMILES string of the molecule is Cn1nc(NS(C)(=O)=O)c2c(Cl)ccc(-n3c([C@H](Cc4cc(F)cc(F)c4)NC(=O)Cn4nc(C(F)F)c5c4C(F)(F)[C@@H]4C[C@H]54)nc(-c4csc([SH](C)(C)=O)n4)cc3=O)c21. The lowest BCUT2D eigenvalue weighted by Gasteiger charge is -2.24. The molecule has 2 aliphatic carbocycles. The molecule has 60 heavy (non-hydrogen) atoms. The van der Waals surface area contributed by atoms with Gasteiger partial charge >= 0.3 is 0 Å². The first-order chi connectivity index (χ1) is 28.0. The zero-order valence-corrected chi connectivity index (χ0v) is 34.8. The Kier molecular flexibility index (Phi) is 10.1. The van der Waals surface area contributed by atoms with Crippen LogP contribution in [-0.4, -0.2) is 71.4 Å². The van der Waals surface area contributed by atoms with Crippen LogP contribution in [0.2, 0.25) is 5.02 Å². The number of thiol groups is 1. The van der Waals surface area contributed by atoms with Crippen molar-refractivity contribution in [1.82, 2.24) is 39.4 Å². The van der Waals surface area contributed by atoms with E-state index >= 15 is 8.78 Å². The fourth-order valence-corrected chi connectivity index (χ4v) is 10.4. The molecule has 4 aromatic heterocycles. The van der Waals surface area contributed by atoms with Crippen LogP contribution < -0.4 is 15.6 Å². The van der Waals surface area contributed by atoms with E-state index in [1.165, 1.54) is 41.8 Å². The summed E-state index contributed by atoms with van der Waals surface area (Å²) in [6, 6.07) is 4.74. The molecule has 0 spiro atoms. The largest absolute Gasteiger partial charge is 0.344 e. The van der Waals surface area contributed by atoms with Crippen LogP contribution in [0, 0.1) is 17.6 Å². The number of aryl methyl sites for hydroxylation is 1. The van der Waals surface area contributed by atoms with Gasteiger partial charge in [-0.3, -0.25) is 32.5 Å². The molecule has 24 heteroatoms. The highest BCUT2D eigenvalue weighted by Crippen LogP contribution is 2.68. The van der Waals surface area contributed by atoms with Gasteiger partial charge in [-0.2, -0.15) is 19.0 Å². The van der Waals surface area contributed by atoms with Gasteiger partial charge in [-0.1, -0.05) is 21.5 Å². The number of hydrogen-bond acceptors (Lipinski definition) is 10. The molecule has 1 saturated carbocycles. The Hall–Kier alpha value is -5.13. The number of aromatic nitrogens is 7. The molecule has 0 saturated heterocycles. The Labute approximate surface area is 346 Å². The fourth-order valence-electron chi connectivity index (χ4n) is 7.65. The summed E-state index contributed by atoms with van der Waals surface area (Å²) in [5.41, 5.74) is -2.81. The first-order valence-corrected chi connectivity index (χ1v) is 23.6. The first-order valence-electron chi connectivity index (χ1n) is 17.8. The molecule has 6 aromatic rings. The quantitative estimate of drug-likeness (QED) is 0.104. The van der Waals surface area contributed by atoms with E-state index in [-0.39, 0.29) is 66.5 Å². The minimum Gasteiger partial charge on any atom is -0.344 e. The molecule has 318 valence electrons. The second kappa shape index (κ2) is 14.5. The maximum Gasteiger partial charge on any atom is 0.293 e. The van der Waals surface area contributed by atoms with Crippen molar-refractivity contribution in [2.24, 2.45) is 13.0 Å². The molecule has 2 aromatic carbocycles. The fraction of sp³-hybridized carbons (Fsp3) is 0.333. The van der Waals surface area contributed by atoms with Gasteiger partial charge < -0.3 is 5.32 Å². The molecule has 0 radical (unpaired) electrons. The molecule has 1 amide bonds. The molecule has 14 nitrogen and oxygen atoms in total. The maximum absolute atomic E-state index is 15.5. The van der Waals surface area contributed by atoms with Gasteiger partial charge in [-0.05, 0) is 54.7 Å². The van der Waals surface area contributed by atoms with Crippen LogP contribution in [0.25, 0.3) is 28.0 Å². The van der Waals surface area contributed by atoms with Crippen LogP contribution in [0.1, 0.15) is 53.1 Å². The van der Waals surface area contributed by atoms with Crippen molar-refractivity contribution >= 4 is 65.5 Å². The number of rotatable bonds is 12. The minimum absolute atomic E-state index is 0.00944. The minimum atomic E-state index is -3.92. The van der Waals surface area contributed by atoms with Crippen molar-refractivity contribution in [3.8, 4) is 17.1 Å². The third kappa shape index (κ3) is 7.48. The summed E-state index contributed by atoms with van der Waals surface area (Å²) in [7, 11) is -5.40. The van der Waals surface area contributed by atoms with Gasteiger partial charge in [0.1, 0.15) is 41.1 Å². The number of benzene rings is 2. The Morgan fingerprint density at radius 1 is 1.08 bits per heavy atom. The van der Waals surface area contributed by atoms with E-state index in [4.69, 9.17) is 16.6 Å². The number of halogens is 7. The highest BCUT2D eigenvalue weighted by molar-refractivity contribution is 8.03. The van der Waals surface area contributed by atoms with Gasteiger partial charge in [0.05, 0.1) is 39.6 Å². The van der Waals surface area contributed by atoms with Crippen LogP contribution in [0.4, 0.5) is 32.2 Å². The van der Waals surface area contributed by atoms with Crippen molar-refractivity contribution in [3.05, 3.63) is 97.1 Å². The van der Waals surface area contributed by atoms with Crippen molar-refractivity contribution in [2.75, 3.05) is 23.5 Å². The van der Waals surface area contributed by atoms with Gasteiger partial charge in [0, 0.05) is 42.5 Å². The number of sulfonamides is 1. The van der Waals surface area contributed by atoms with Crippen molar-refractivity contribution in [2.45, 2.75) is 48.0 Å². The Balaban J connectivity index is 1.33. The second-order valence-corrected chi connectivity index (χ2v) is 21.4. The van der Waals surface area contributed by atoms with Crippen LogP contribution in [0.15, 0.2) is 50.9 Å². The molecule has 2 aliphatic rings. The van der Waals surface area contributed by atoms with E-state index in [9.17, 15) is 39.8 Å². The molecule has 2 N–H and O–H groups in total. The highest BCUT2D eigenvalue weighted by Gasteiger charge is 2.67. The second-order valence-electron chi connectivity index (χ2n) is 15.0. The third-order valence-electron chi connectivity index (χ3n) is 10.1. The summed E-state index contributed by atoms with van der Waals surface area (Å²) in [4.78, 5) is 37.7. The third-order valence-corrected chi connectivity index (χ3v) is 14.2. The van der Waals surface area contributed by atoms with E-state index in [0.29, 0.717) is 10.7 Å². The predicted molar refractivity (Wildman–Crippen MR) is 211 cm³/mol. The molecule has 3 atom stereocenters. The molecule has 0 unspecified atom stereocenters. The van der Waals surface area contributed by atoms with Crippen LogP contribution in [0.5, 0.6) is 0 Å².